The van der Waals surface area contributed by atoms with Crippen LogP contribution in [-0.4, -0.2) is 11.6 Å². The largest absolute Gasteiger partial charge is 0.339 e. The molecule has 0 saturated heterocycles. The summed E-state index contributed by atoms with van der Waals surface area (Å²) in [7, 11) is 0. The number of nitrogens with one attached hydrogen (secondary N) is 1. The van der Waals surface area contributed by atoms with E-state index in [2.05, 4.69) is 12.2 Å². The van der Waals surface area contributed by atoms with Crippen LogP contribution in [0, 0.1) is 6.92 Å². The van der Waals surface area contributed by atoms with Gasteiger partial charge >= 0.3 is 0 Å². The van der Waals surface area contributed by atoms with Crippen molar-refractivity contribution < 1.29 is 4.79 Å². The Morgan fingerprint density at radius 2 is 2.25 bits per heavy atom. The molecule has 0 rings (SSSR count). The highest BCUT2D eigenvalue weighted by molar-refractivity contribution is 5.73. The summed E-state index contributed by atoms with van der Waals surface area (Å²) in [5, 5.41) is 2.41. The van der Waals surface area contributed by atoms with Gasteiger partial charge in [0.15, 0.2) is 0 Å². The average Bonchev–Trinajstić information content (AvgIpc) is 1.21. The molecule has 0 spiro atoms. The van der Waals surface area contributed by atoms with Crippen LogP contribution in [0.1, 0.15) is 13.8 Å². The molecular weight excluding hydrogens is 104 g/mol. The molecule has 1 amide bonds. The summed E-state index contributed by atoms with van der Waals surface area (Å²) >= 11 is 0. The molecule has 0 aromatic rings. The first-order valence-electron chi connectivity index (χ1n) is 2.35. The van der Waals surface area contributed by atoms with Crippen LogP contribution in [0.3, 0.4) is 0 Å². The first-order valence-corrected chi connectivity index (χ1v) is 2.35. The summed E-state index contributed by atoms with van der Waals surface area (Å²) in [4.78, 5) is 10.2. The van der Waals surface area contributed by atoms with Crippen molar-refractivity contribution in [3.63, 3.8) is 0 Å². The highest BCUT2D eigenvalue weighted by Gasteiger charge is 2.09. The standard InChI is InChI=1S/C5H11N2O/c1-4(8)7-5(2,3)6/h2,6H2,1,3H3,(H,7,8). The molecule has 3 N–H and O–H groups in total. The van der Waals surface area contributed by atoms with E-state index in [1.807, 2.05) is 0 Å². The van der Waals surface area contributed by atoms with Gasteiger partial charge in [-0.2, -0.15) is 0 Å². The number of rotatable bonds is 1. The summed E-state index contributed by atoms with van der Waals surface area (Å²) in [5.74, 6) is -0.162. The van der Waals surface area contributed by atoms with Crippen molar-refractivity contribution in [1.29, 1.82) is 0 Å². The second-order valence-corrected chi connectivity index (χ2v) is 2.10. The van der Waals surface area contributed by atoms with Gasteiger partial charge in [0.2, 0.25) is 5.91 Å². The highest BCUT2D eigenvalue weighted by atomic mass is 16.1. The van der Waals surface area contributed by atoms with Crippen molar-refractivity contribution >= 4 is 5.91 Å². The third kappa shape index (κ3) is 5.43. The van der Waals surface area contributed by atoms with Crippen LogP contribution in [0.2, 0.25) is 0 Å². The van der Waals surface area contributed by atoms with E-state index in [9.17, 15) is 4.79 Å². The minimum absolute atomic E-state index is 0.162. The lowest BCUT2D eigenvalue weighted by Gasteiger charge is -2.18. The molecule has 8 heavy (non-hydrogen) atoms. The third-order valence-corrected chi connectivity index (χ3v) is 0.462. The van der Waals surface area contributed by atoms with Crippen LogP contribution in [0.5, 0.6) is 0 Å². The van der Waals surface area contributed by atoms with Crippen LogP contribution in [0.25, 0.3) is 0 Å². The molecule has 0 bridgehead atoms. The molecule has 47 valence electrons. The van der Waals surface area contributed by atoms with E-state index < -0.39 is 5.66 Å². The Bertz CT molecular complexity index is 93.1. The third-order valence-electron chi connectivity index (χ3n) is 0.462. The molecule has 0 aliphatic rings. The SMILES string of the molecule is [CH2]C(C)(N)NC(C)=O. The summed E-state index contributed by atoms with van der Waals surface area (Å²) < 4.78 is 0. The Morgan fingerprint density at radius 1 is 1.88 bits per heavy atom. The lowest BCUT2D eigenvalue weighted by Crippen LogP contribution is -2.50. The van der Waals surface area contributed by atoms with E-state index >= 15 is 0 Å². The van der Waals surface area contributed by atoms with Gasteiger partial charge in [-0.05, 0) is 13.8 Å². The van der Waals surface area contributed by atoms with Crippen molar-refractivity contribution in [1.82, 2.24) is 5.32 Å². The predicted octanol–water partition coefficient (Wildman–Crippen LogP) is -0.369. The van der Waals surface area contributed by atoms with Gasteiger partial charge in [0, 0.05) is 6.92 Å². The fourth-order valence-corrected chi connectivity index (χ4v) is 0.402. The van der Waals surface area contributed by atoms with Gasteiger partial charge in [0.05, 0.1) is 5.66 Å². The van der Waals surface area contributed by atoms with E-state index in [1.54, 1.807) is 6.92 Å². The van der Waals surface area contributed by atoms with E-state index in [1.165, 1.54) is 6.92 Å². The minimum atomic E-state index is -0.828. The Kier molecular flexibility index (Phi) is 1.98. The normalized spacial score (nSPS) is 11.0. The topological polar surface area (TPSA) is 55.1 Å². The van der Waals surface area contributed by atoms with Crippen LogP contribution in [0.4, 0.5) is 0 Å². The van der Waals surface area contributed by atoms with Crippen LogP contribution >= 0.6 is 0 Å². The minimum Gasteiger partial charge on any atom is -0.339 e. The summed E-state index contributed by atoms with van der Waals surface area (Å²) in [5.41, 5.74) is 4.47. The summed E-state index contributed by atoms with van der Waals surface area (Å²) in [6, 6.07) is 0. The molecule has 3 heteroatoms. The molecule has 0 fully saturated rings. The lowest BCUT2D eigenvalue weighted by atomic mass is 10.3. The molecule has 3 nitrogen and oxygen atoms in total. The molecule has 0 aliphatic carbocycles. The van der Waals surface area contributed by atoms with Gasteiger partial charge in [-0.1, -0.05) is 0 Å². The summed E-state index contributed by atoms with van der Waals surface area (Å²) in [6.45, 7) is 6.47. The molecule has 1 unspecified atom stereocenters. The summed E-state index contributed by atoms with van der Waals surface area (Å²) in [6.07, 6.45) is 0. The molecule has 0 aromatic heterocycles. The van der Waals surface area contributed by atoms with E-state index in [0.717, 1.165) is 0 Å². The molecular formula is C5H11N2O. The number of carbonyl (C=O) groups is 1. The Labute approximate surface area is 49.3 Å². The second kappa shape index (κ2) is 2.13. The highest BCUT2D eigenvalue weighted by Crippen LogP contribution is 1.86. The van der Waals surface area contributed by atoms with Gasteiger partial charge in [-0.15, -0.1) is 0 Å². The zero-order valence-corrected chi connectivity index (χ0v) is 5.19. The number of amides is 1. The zero-order valence-electron chi connectivity index (χ0n) is 5.19. The van der Waals surface area contributed by atoms with Crippen molar-refractivity contribution in [3.05, 3.63) is 6.92 Å². The number of carbonyl (C=O) groups excluding carboxylic acids is 1. The predicted molar refractivity (Wildman–Crippen MR) is 31.8 cm³/mol. The first-order chi connectivity index (χ1) is 3.42. The van der Waals surface area contributed by atoms with Crippen LogP contribution in [0.15, 0.2) is 0 Å². The molecule has 0 aliphatic heterocycles. The maximum Gasteiger partial charge on any atom is 0.218 e. The maximum absolute atomic E-state index is 10.2. The smallest absolute Gasteiger partial charge is 0.218 e. The number of hydrogen-bond acceptors (Lipinski definition) is 2. The van der Waals surface area contributed by atoms with Crippen LogP contribution in [-0.2, 0) is 4.79 Å². The number of nitrogens with two attached hydrogens (primary N) is 1. The Hall–Kier alpha value is -0.570. The van der Waals surface area contributed by atoms with Gasteiger partial charge in [0.1, 0.15) is 0 Å². The van der Waals surface area contributed by atoms with Gasteiger partial charge in [-0.25, -0.2) is 0 Å². The van der Waals surface area contributed by atoms with Crippen LogP contribution < -0.4 is 11.1 Å². The van der Waals surface area contributed by atoms with E-state index in [0.29, 0.717) is 0 Å². The number of hydrogen-bond donors (Lipinski definition) is 2. The molecule has 0 heterocycles. The zero-order chi connectivity index (χ0) is 6.78. The van der Waals surface area contributed by atoms with Crippen molar-refractivity contribution in [2.75, 3.05) is 0 Å². The monoisotopic (exact) mass is 115 g/mol. The van der Waals surface area contributed by atoms with Crippen molar-refractivity contribution in [3.8, 4) is 0 Å². The maximum atomic E-state index is 10.2. The van der Waals surface area contributed by atoms with E-state index in [4.69, 9.17) is 5.73 Å². The molecule has 0 aromatic carbocycles. The van der Waals surface area contributed by atoms with Crippen molar-refractivity contribution in [2.24, 2.45) is 5.73 Å². The second-order valence-electron chi connectivity index (χ2n) is 2.10. The van der Waals surface area contributed by atoms with E-state index in [-0.39, 0.29) is 5.91 Å². The van der Waals surface area contributed by atoms with Gasteiger partial charge < -0.3 is 11.1 Å². The average molecular weight is 115 g/mol. The quantitative estimate of drug-likeness (QED) is 0.458. The van der Waals surface area contributed by atoms with Gasteiger partial charge in [-0.3, -0.25) is 4.79 Å². The lowest BCUT2D eigenvalue weighted by molar-refractivity contribution is -0.120. The first kappa shape index (κ1) is 7.43. The van der Waals surface area contributed by atoms with Crippen molar-refractivity contribution in [2.45, 2.75) is 19.5 Å². The Morgan fingerprint density at radius 3 is 2.25 bits per heavy atom. The van der Waals surface area contributed by atoms with Gasteiger partial charge in [0.25, 0.3) is 0 Å². The molecule has 1 radical (unpaired) electrons. The Balaban J connectivity index is 3.55. The molecule has 1 atom stereocenters. The molecule has 0 saturated carbocycles. The fourth-order valence-electron chi connectivity index (χ4n) is 0.402. The fraction of sp³-hybridized carbons (Fsp3) is 0.600.